The molecule has 8 atom stereocenters. The fourth-order valence-electron chi connectivity index (χ4n) is 5.89. The lowest BCUT2D eigenvalue weighted by Crippen LogP contribution is -2.55. The van der Waals surface area contributed by atoms with Crippen LogP contribution in [0.15, 0.2) is 0 Å². The zero-order valence-electron chi connectivity index (χ0n) is 25.2. The number of esters is 1. The summed E-state index contributed by atoms with van der Waals surface area (Å²) in [5.41, 5.74) is -2.23. The molecular weight excluding hydrogens is 488 g/mol. The number of nitrogens with zero attached hydrogens (tertiary/aromatic N) is 2. The Bertz CT molecular complexity index is 804. The molecule has 2 rings (SSSR count). The SMILES string of the molecule is CO[C@]1(C)C[C@@H](C)CN(C)[C@@H](CCC=O)COC(=O)C(C)(C)C(=O)[C@H](C)[C@H]1O[C@H]1[CH][C@H](N(C)C)C[C@@H](C)O1. The summed E-state index contributed by atoms with van der Waals surface area (Å²) in [5, 5.41) is 0. The van der Waals surface area contributed by atoms with Gasteiger partial charge in [-0.2, -0.15) is 0 Å². The molecule has 9 heteroatoms. The Morgan fingerprint density at radius 1 is 1.18 bits per heavy atom. The molecule has 219 valence electrons. The van der Waals surface area contributed by atoms with Crippen LogP contribution in [-0.4, -0.2) is 105 Å². The lowest BCUT2D eigenvalue weighted by atomic mass is 9.74. The summed E-state index contributed by atoms with van der Waals surface area (Å²) in [6.45, 7) is 12.0. The first-order chi connectivity index (χ1) is 17.7. The summed E-state index contributed by atoms with van der Waals surface area (Å²) in [6.07, 6.45) is 3.99. The van der Waals surface area contributed by atoms with E-state index < -0.39 is 35.3 Å². The maximum Gasteiger partial charge on any atom is 0.319 e. The van der Waals surface area contributed by atoms with Crippen LogP contribution in [0.5, 0.6) is 0 Å². The molecule has 0 spiro atoms. The minimum Gasteiger partial charge on any atom is -0.463 e. The molecule has 2 fully saturated rings. The average Bonchev–Trinajstić information content (AvgIpc) is 2.85. The molecule has 0 unspecified atom stereocenters. The molecule has 0 aromatic carbocycles. The molecule has 2 aliphatic heterocycles. The van der Waals surface area contributed by atoms with E-state index in [2.05, 4.69) is 16.7 Å². The zero-order chi connectivity index (χ0) is 28.8. The van der Waals surface area contributed by atoms with Crippen molar-refractivity contribution in [2.75, 3.05) is 41.4 Å². The highest BCUT2D eigenvalue weighted by Crippen LogP contribution is 2.38. The van der Waals surface area contributed by atoms with Gasteiger partial charge in [0.1, 0.15) is 18.3 Å². The van der Waals surface area contributed by atoms with Crippen molar-refractivity contribution in [1.29, 1.82) is 0 Å². The van der Waals surface area contributed by atoms with Gasteiger partial charge in [-0.3, -0.25) is 14.5 Å². The number of Topliss-reactive ketones (excluding diaryl/α,β-unsaturated/α-hetero) is 1. The van der Waals surface area contributed by atoms with Gasteiger partial charge in [0, 0.05) is 44.5 Å². The van der Waals surface area contributed by atoms with Gasteiger partial charge in [-0.25, -0.2) is 0 Å². The fraction of sp³-hybridized carbons (Fsp3) is 0.862. The molecule has 2 heterocycles. The monoisotopic (exact) mass is 539 g/mol. The highest BCUT2D eigenvalue weighted by molar-refractivity contribution is 6.04. The van der Waals surface area contributed by atoms with Crippen molar-refractivity contribution in [1.82, 2.24) is 9.80 Å². The van der Waals surface area contributed by atoms with E-state index >= 15 is 0 Å². The zero-order valence-corrected chi connectivity index (χ0v) is 25.2. The van der Waals surface area contributed by atoms with Crippen LogP contribution in [0, 0.1) is 23.7 Å². The Balaban J connectivity index is 2.47. The number of aldehydes is 1. The number of rotatable bonds is 7. The van der Waals surface area contributed by atoms with Gasteiger partial charge >= 0.3 is 5.97 Å². The molecule has 38 heavy (non-hydrogen) atoms. The second kappa shape index (κ2) is 13.8. The Kier molecular flexibility index (Phi) is 11.9. The van der Waals surface area contributed by atoms with Crippen LogP contribution in [0.4, 0.5) is 0 Å². The van der Waals surface area contributed by atoms with Crippen molar-refractivity contribution in [2.24, 2.45) is 17.3 Å². The summed E-state index contributed by atoms with van der Waals surface area (Å²) in [6, 6.07) is 0.0341. The maximum atomic E-state index is 13.9. The van der Waals surface area contributed by atoms with Gasteiger partial charge in [-0.1, -0.05) is 13.8 Å². The number of carbonyl (C=O) groups is 3. The van der Waals surface area contributed by atoms with Gasteiger partial charge in [0.25, 0.3) is 0 Å². The topological polar surface area (TPSA) is 94.6 Å². The fourth-order valence-corrected chi connectivity index (χ4v) is 5.89. The standard InChI is InChI=1S/C29H51N2O7/c1-19-16-29(6,35-10)26(38-24-15-23(30(7)8)14-20(2)37-24)21(3)25(33)28(4,5)27(34)36-18-22(12-11-13-32)31(9)17-19/h13,15,19-24,26H,11-12,14,16-18H2,1-10H3/t19-,20-,21+,22+,23-,24+,26-,29-/m1/s1. The first kappa shape index (κ1) is 32.8. The maximum absolute atomic E-state index is 13.9. The first-order valence-electron chi connectivity index (χ1n) is 13.9. The summed E-state index contributed by atoms with van der Waals surface area (Å²) >= 11 is 0. The van der Waals surface area contributed by atoms with Gasteiger partial charge in [-0.15, -0.1) is 0 Å². The summed E-state index contributed by atoms with van der Waals surface area (Å²) in [5.74, 6) is -1.36. The van der Waals surface area contributed by atoms with Crippen molar-refractivity contribution in [3.63, 3.8) is 0 Å². The number of methoxy groups -OCH3 is 1. The molecule has 0 aromatic rings. The molecule has 0 aliphatic carbocycles. The van der Waals surface area contributed by atoms with E-state index in [-0.39, 0.29) is 36.5 Å². The van der Waals surface area contributed by atoms with Gasteiger partial charge in [0.05, 0.1) is 17.8 Å². The Labute approximate surface area is 229 Å². The first-order valence-corrected chi connectivity index (χ1v) is 13.9. The van der Waals surface area contributed by atoms with Crippen LogP contribution in [0.25, 0.3) is 0 Å². The Morgan fingerprint density at radius 3 is 2.42 bits per heavy atom. The Morgan fingerprint density at radius 2 is 1.84 bits per heavy atom. The number of cyclic esters (lactones) is 1. The van der Waals surface area contributed by atoms with Gasteiger partial charge in [-0.05, 0) is 74.0 Å². The minimum absolute atomic E-state index is 0.0192. The quantitative estimate of drug-likeness (QED) is 0.275. The lowest BCUT2D eigenvalue weighted by molar-refractivity contribution is -0.245. The molecule has 2 aliphatic rings. The number of ketones is 1. The smallest absolute Gasteiger partial charge is 0.319 e. The van der Waals surface area contributed by atoms with Crippen LogP contribution in [0.3, 0.4) is 0 Å². The van der Waals surface area contributed by atoms with E-state index in [9.17, 15) is 14.4 Å². The molecule has 0 aromatic heterocycles. The largest absolute Gasteiger partial charge is 0.463 e. The van der Waals surface area contributed by atoms with Crippen molar-refractivity contribution in [3.05, 3.63) is 6.42 Å². The number of likely N-dealkylation sites (N-methyl/N-ethyl adjacent to an activating group) is 1. The lowest BCUT2D eigenvalue weighted by Gasteiger charge is -2.45. The van der Waals surface area contributed by atoms with Crippen molar-refractivity contribution in [3.8, 4) is 0 Å². The summed E-state index contributed by atoms with van der Waals surface area (Å²) in [4.78, 5) is 42.5. The normalized spacial score (nSPS) is 38.1. The second-order valence-electron chi connectivity index (χ2n) is 12.4. The van der Waals surface area contributed by atoms with Crippen LogP contribution >= 0.6 is 0 Å². The second-order valence-corrected chi connectivity index (χ2v) is 12.4. The molecule has 9 nitrogen and oxygen atoms in total. The third kappa shape index (κ3) is 8.07. The van der Waals surface area contributed by atoms with Crippen molar-refractivity contribution < 1.29 is 33.3 Å². The van der Waals surface area contributed by atoms with Crippen molar-refractivity contribution in [2.45, 2.75) is 103 Å². The number of ether oxygens (including phenoxy) is 4. The average molecular weight is 540 g/mol. The third-order valence-corrected chi connectivity index (χ3v) is 8.33. The third-order valence-electron chi connectivity index (χ3n) is 8.33. The molecule has 2 saturated heterocycles. The predicted molar refractivity (Wildman–Crippen MR) is 145 cm³/mol. The molecule has 1 radical (unpaired) electrons. The summed E-state index contributed by atoms with van der Waals surface area (Å²) in [7, 11) is 7.67. The minimum atomic E-state index is -1.39. The number of carbonyl (C=O) groups excluding carboxylic acids is 3. The van der Waals surface area contributed by atoms with Crippen LogP contribution in [-0.2, 0) is 33.3 Å². The molecule has 0 amide bonds. The number of hydrogen-bond donors (Lipinski definition) is 0. The highest BCUT2D eigenvalue weighted by atomic mass is 16.7. The van der Waals surface area contributed by atoms with Crippen LogP contribution in [0.1, 0.15) is 67.2 Å². The molecular formula is C29H51N2O7. The predicted octanol–water partition coefficient (Wildman–Crippen LogP) is 3.14. The summed E-state index contributed by atoms with van der Waals surface area (Å²) < 4.78 is 24.6. The van der Waals surface area contributed by atoms with E-state index in [1.165, 1.54) is 0 Å². The van der Waals surface area contributed by atoms with Gasteiger partial charge in [0.15, 0.2) is 12.1 Å². The van der Waals surface area contributed by atoms with Crippen LogP contribution in [0.2, 0.25) is 0 Å². The van der Waals surface area contributed by atoms with Crippen LogP contribution < -0.4 is 0 Å². The van der Waals surface area contributed by atoms with E-state index in [0.29, 0.717) is 25.8 Å². The van der Waals surface area contributed by atoms with Crippen molar-refractivity contribution >= 4 is 18.0 Å². The van der Waals surface area contributed by atoms with Gasteiger partial charge in [0.2, 0.25) is 0 Å². The molecule has 0 bridgehead atoms. The van der Waals surface area contributed by atoms with Gasteiger partial charge < -0.3 is 28.6 Å². The van der Waals surface area contributed by atoms with E-state index in [0.717, 1.165) is 12.7 Å². The van der Waals surface area contributed by atoms with E-state index in [1.54, 1.807) is 27.9 Å². The molecule has 0 N–H and O–H groups in total. The Hall–Kier alpha value is -1.39. The number of hydrogen-bond acceptors (Lipinski definition) is 9. The molecule has 0 saturated carbocycles. The van der Waals surface area contributed by atoms with E-state index in [1.807, 2.05) is 41.4 Å². The highest BCUT2D eigenvalue weighted by Gasteiger charge is 2.50. The van der Waals surface area contributed by atoms with E-state index in [4.69, 9.17) is 18.9 Å².